The Kier molecular flexibility index (Phi) is 5.66. The lowest BCUT2D eigenvalue weighted by Gasteiger charge is -2.07. The fraction of sp³-hybridized carbons (Fsp3) is 0.556. The van der Waals surface area contributed by atoms with Gasteiger partial charge in [-0.15, -0.1) is 0 Å². The van der Waals surface area contributed by atoms with E-state index in [4.69, 9.17) is 0 Å². The standard InChI is InChI=1S/C18H28N2/c1-4-19-12-11-16-14-20(13-7-8-15(2)3)18-10-6-5-9-17(16)18/h5-6,9-10,14-15,19H,4,7-8,11-13H2,1-3H3. The van der Waals surface area contributed by atoms with E-state index in [9.17, 15) is 0 Å². The summed E-state index contributed by atoms with van der Waals surface area (Å²) in [4.78, 5) is 0. The highest BCUT2D eigenvalue weighted by Gasteiger charge is 2.07. The van der Waals surface area contributed by atoms with Gasteiger partial charge in [0.15, 0.2) is 0 Å². The van der Waals surface area contributed by atoms with Gasteiger partial charge in [-0.25, -0.2) is 0 Å². The number of likely N-dealkylation sites (N-methyl/N-ethyl adjacent to an activating group) is 1. The molecule has 0 aliphatic rings. The van der Waals surface area contributed by atoms with Crippen LogP contribution in [0.15, 0.2) is 30.5 Å². The Morgan fingerprint density at radius 1 is 1.20 bits per heavy atom. The molecule has 0 atom stereocenters. The van der Waals surface area contributed by atoms with Crippen molar-refractivity contribution in [2.75, 3.05) is 13.1 Å². The Labute approximate surface area is 123 Å². The zero-order chi connectivity index (χ0) is 14.4. The van der Waals surface area contributed by atoms with Crippen LogP contribution in [-0.2, 0) is 13.0 Å². The summed E-state index contributed by atoms with van der Waals surface area (Å²) in [5.74, 6) is 0.796. The normalized spacial score (nSPS) is 11.6. The summed E-state index contributed by atoms with van der Waals surface area (Å²) in [5, 5.41) is 4.85. The predicted octanol–water partition coefficient (Wildman–Crippen LogP) is 4.23. The molecule has 1 N–H and O–H groups in total. The first-order valence-electron chi connectivity index (χ1n) is 7.99. The van der Waals surface area contributed by atoms with Gasteiger partial charge in [0, 0.05) is 23.6 Å². The minimum atomic E-state index is 0.796. The number of aromatic nitrogens is 1. The third-order valence-corrected chi connectivity index (χ3v) is 3.87. The summed E-state index contributed by atoms with van der Waals surface area (Å²) < 4.78 is 2.44. The third kappa shape index (κ3) is 3.86. The predicted molar refractivity (Wildman–Crippen MR) is 88.3 cm³/mol. The SMILES string of the molecule is CCNCCc1cn(CCCC(C)C)c2ccccc12. The second-order valence-electron chi connectivity index (χ2n) is 6.00. The van der Waals surface area contributed by atoms with Crippen LogP contribution in [0.3, 0.4) is 0 Å². The van der Waals surface area contributed by atoms with Crippen molar-refractivity contribution in [3.63, 3.8) is 0 Å². The second kappa shape index (κ2) is 7.49. The zero-order valence-electron chi connectivity index (χ0n) is 13.2. The number of para-hydroxylation sites is 1. The smallest absolute Gasteiger partial charge is 0.0483 e. The average molecular weight is 272 g/mol. The van der Waals surface area contributed by atoms with E-state index >= 15 is 0 Å². The molecule has 0 saturated carbocycles. The van der Waals surface area contributed by atoms with Crippen molar-refractivity contribution < 1.29 is 0 Å². The number of rotatable bonds is 8. The van der Waals surface area contributed by atoms with Crippen LogP contribution < -0.4 is 5.32 Å². The van der Waals surface area contributed by atoms with Gasteiger partial charge >= 0.3 is 0 Å². The van der Waals surface area contributed by atoms with Crippen LogP contribution in [0, 0.1) is 5.92 Å². The van der Waals surface area contributed by atoms with Crippen LogP contribution in [0.2, 0.25) is 0 Å². The highest BCUT2D eigenvalue weighted by atomic mass is 15.0. The molecule has 2 heteroatoms. The maximum absolute atomic E-state index is 3.42. The van der Waals surface area contributed by atoms with Crippen molar-refractivity contribution in [1.29, 1.82) is 0 Å². The van der Waals surface area contributed by atoms with E-state index in [0.717, 1.165) is 32.0 Å². The number of fused-ring (bicyclic) bond motifs is 1. The summed E-state index contributed by atoms with van der Waals surface area (Å²) in [6.07, 6.45) is 6.05. The molecule has 0 aliphatic carbocycles. The number of hydrogen-bond acceptors (Lipinski definition) is 1. The summed E-state index contributed by atoms with van der Waals surface area (Å²) in [6, 6.07) is 8.81. The first kappa shape index (κ1) is 15.1. The maximum Gasteiger partial charge on any atom is 0.0483 e. The molecule has 2 rings (SSSR count). The summed E-state index contributed by atoms with van der Waals surface area (Å²) in [6.45, 7) is 10.0. The lowest BCUT2D eigenvalue weighted by atomic mass is 10.1. The average Bonchev–Trinajstić information content (AvgIpc) is 2.78. The van der Waals surface area contributed by atoms with Crippen molar-refractivity contribution >= 4 is 10.9 Å². The molecular formula is C18H28N2. The van der Waals surface area contributed by atoms with Crippen molar-refractivity contribution in [2.24, 2.45) is 5.92 Å². The molecule has 20 heavy (non-hydrogen) atoms. The fourth-order valence-electron chi connectivity index (χ4n) is 2.78. The molecule has 1 aromatic heterocycles. The van der Waals surface area contributed by atoms with Crippen molar-refractivity contribution in [2.45, 2.75) is 46.6 Å². The van der Waals surface area contributed by atoms with E-state index < -0.39 is 0 Å². The van der Waals surface area contributed by atoms with Crippen LogP contribution in [0.1, 0.15) is 39.2 Å². The highest BCUT2D eigenvalue weighted by Crippen LogP contribution is 2.22. The topological polar surface area (TPSA) is 17.0 Å². The van der Waals surface area contributed by atoms with Crippen LogP contribution in [0.5, 0.6) is 0 Å². The van der Waals surface area contributed by atoms with E-state index in [1.165, 1.54) is 29.3 Å². The van der Waals surface area contributed by atoms with Gasteiger partial charge in [-0.05, 0) is 49.9 Å². The largest absolute Gasteiger partial charge is 0.347 e. The number of aryl methyl sites for hydroxylation is 1. The molecule has 0 radical (unpaired) electrons. The quantitative estimate of drug-likeness (QED) is 0.712. The molecule has 1 aromatic carbocycles. The number of nitrogens with one attached hydrogen (secondary N) is 1. The van der Waals surface area contributed by atoms with Crippen LogP contribution in [0.4, 0.5) is 0 Å². The Morgan fingerprint density at radius 2 is 2.00 bits per heavy atom. The number of benzene rings is 1. The lowest BCUT2D eigenvalue weighted by Crippen LogP contribution is -2.15. The molecule has 110 valence electrons. The fourth-order valence-corrected chi connectivity index (χ4v) is 2.78. The van der Waals surface area contributed by atoms with E-state index in [1.807, 2.05) is 0 Å². The Bertz CT molecular complexity index is 525. The van der Waals surface area contributed by atoms with Crippen molar-refractivity contribution in [1.82, 2.24) is 9.88 Å². The van der Waals surface area contributed by atoms with Crippen LogP contribution in [-0.4, -0.2) is 17.7 Å². The van der Waals surface area contributed by atoms with Gasteiger partial charge < -0.3 is 9.88 Å². The molecule has 2 nitrogen and oxygen atoms in total. The Hall–Kier alpha value is -1.28. The Balaban J connectivity index is 2.13. The number of hydrogen-bond donors (Lipinski definition) is 1. The van der Waals surface area contributed by atoms with Crippen molar-refractivity contribution in [3.8, 4) is 0 Å². The molecule has 0 amide bonds. The molecule has 2 aromatic rings. The highest BCUT2D eigenvalue weighted by molar-refractivity contribution is 5.84. The van der Waals surface area contributed by atoms with Gasteiger partial charge in [0.05, 0.1) is 0 Å². The second-order valence-corrected chi connectivity index (χ2v) is 6.00. The molecule has 0 bridgehead atoms. The van der Waals surface area contributed by atoms with E-state index in [-0.39, 0.29) is 0 Å². The zero-order valence-corrected chi connectivity index (χ0v) is 13.2. The van der Waals surface area contributed by atoms with Gasteiger partial charge in [0.25, 0.3) is 0 Å². The van der Waals surface area contributed by atoms with Crippen LogP contribution in [0.25, 0.3) is 10.9 Å². The first-order chi connectivity index (χ1) is 9.72. The number of nitrogens with zero attached hydrogens (tertiary/aromatic N) is 1. The molecule has 0 saturated heterocycles. The minimum absolute atomic E-state index is 0.796. The third-order valence-electron chi connectivity index (χ3n) is 3.87. The van der Waals surface area contributed by atoms with E-state index in [1.54, 1.807) is 0 Å². The van der Waals surface area contributed by atoms with Gasteiger partial charge in [0.2, 0.25) is 0 Å². The minimum Gasteiger partial charge on any atom is -0.347 e. The van der Waals surface area contributed by atoms with Crippen LogP contribution >= 0.6 is 0 Å². The molecular weight excluding hydrogens is 244 g/mol. The summed E-state index contributed by atoms with van der Waals surface area (Å²) in [7, 11) is 0. The van der Waals surface area contributed by atoms with E-state index in [2.05, 4.69) is 61.1 Å². The summed E-state index contributed by atoms with van der Waals surface area (Å²) >= 11 is 0. The molecule has 1 heterocycles. The van der Waals surface area contributed by atoms with Gasteiger partial charge in [0.1, 0.15) is 0 Å². The molecule has 0 spiro atoms. The monoisotopic (exact) mass is 272 g/mol. The Morgan fingerprint density at radius 3 is 2.75 bits per heavy atom. The van der Waals surface area contributed by atoms with Gasteiger partial charge in [-0.3, -0.25) is 0 Å². The lowest BCUT2D eigenvalue weighted by molar-refractivity contribution is 0.517. The first-order valence-corrected chi connectivity index (χ1v) is 7.99. The molecule has 0 fully saturated rings. The van der Waals surface area contributed by atoms with E-state index in [0.29, 0.717) is 0 Å². The van der Waals surface area contributed by atoms with Gasteiger partial charge in [-0.1, -0.05) is 39.0 Å². The molecule has 0 unspecified atom stereocenters. The maximum atomic E-state index is 3.42. The van der Waals surface area contributed by atoms with Gasteiger partial charge in [-0.2, -0.15) is 0 Å². The van der Waals surface area contributed by atoms with Crippen molar-refractivity contribution in [3.05, 3.63) is 36.0 Å². The molecule has 0 aliphatic heterocycles. The summed E-state index contributed by atoms with van der Waals surface area (Å²) in [5.41, 5.74) is 2.87.